The number of hydrogen-bond donors (Lipinski definition) is 2. The molecule has 0 saturated carbocycles. The molecule has 1 amide bonds. The van der Waals surface area contributed by atoms with Crippen LogP contribution in [0.2, 0.25) is 0 Å². The number of nitrogens with zero attached hydrogens (tertiary/aromatic N) is 2. The van der Waals surface area contributed by atoms with Gasteiger partial charge in [-0.2, -0.15) is 4.98 Å². The summed E-state index contributed by atoms with van der Waals surface area (Å²) in [6.07, 6.45) is 0.879. The fourth-order valence-electron chi connectivity index (χ4n) is 1.80. The second-order valence-electron chi connectivity index (χ2n) is 3.89. The predicted octanol–water partition coefficient (Wildman–Crippen LogP) is -0.00130. The summed E-state index contributed by atoms with van der Waals surface area (Å²) in [5, 5.41) is 2.81. The molecule has 0 spiro atoms. The van der Waals surface area contributed by atoms with E-state index in [4.69, 9.17) is 10.5 Å². The van der Waals surface area contributed by atoms with Crippen LogP contribution in [0.15, 0.2) is 12.1 Å². The van der Waals surface area contributed by atoms with Crippen molar-refractivity contribution in [3.05, 3.63) is 12.1 Å². The van der Waals surface area contributed by atoms with Gasteiger partial charge in [0.25, 0.3) is 0 Å². The van der Waals surface area contributed by atoms with Crippen LogP contribution in [0.4, 0.5) is 11.5 Å². The quantitative estimate of drug-likeness (QED) is 0.755. The molecule has 2 rings (SSSR count). The first kappa shape index (κ1) is 11.5. The number of methoxy groups -OCH3 is 1. The van der Waals surface area contributed by atoms with E-state index in [1.165, 1.54) is 0 Å². The van der Waals surface area contributed by atoms with E-state index in [1.807, 2.05) is 4.90 Å². The van der Waals surface area contributed by atoms with E-state index in [2.05, 4.69) is 10.3 Å². The monoisotopic (exact) mass is 236 g/mol. The first-order valence-electron chi connectivity index (χ1n) is 5.53. The van der Waals surface area contributed by atoms with Gasteiger partial charge in [0.1, 0.15) is 0 Å². The van der Waals surface area contributed by atoms with Crippen molar-refractivity contribution in [2.24, 2.45) is 0 Å². The Hall–Kier alpha value is -1.98. The molecule has 1 aromatic heterocycles. The lowest BCUT2D eigenvalue weighted by Gasteiger charge is -2.21. The van der Waals surface area contributed by atoms with Crippen LogP contribution in [0.25, 0.3) is 0 Å². The van der Waals surface area contributed by atoms with Crippen LogP contribution in [-0.4, -0.2) is 37.6 Å². The average Bonchev–Trinajstić information content (AvgIpc) is 2.54. The molecule has 1 aromatic rings. The van der Waals surface area contributed by atoms with E-state index in [9.17, 15) is 4.79 Å². The van der Waals surface area contributed by atoms with E-state index >= 15 is 0 Å². The van der Waals surface area contributed by atoms with Crippen molar-refractivity contribution in [2.45, 2.75) is 6.42 Å². The highest BCUT2D eigenvalue weighted by atomic mass is 16.5. The third-order valence-corrected chi connectivity index (χ3v) is 2.65. The van der Waals surface area contributed by atoms with Gasteiger partial charge in [-0.05, 0) is 12.5 Å². The Morgan fingerprint density at radius 1 is 1.53 bits per heavy atom. The summed E-state index contributed by atoms with van der Waals surface area (Å²) in [5.74, 6) is 1.10. The normalized spacial score (nSPS) is 16.3. The zero-order valence-corrected chi connectivity index (χ0v) is 9.77. The zero-order valence-electron chi connectivity index (χ0n) is 9.77. The van der Waals surface area contributed by atoms with Crippen molar-refractivity contribution in [1.82, 2.24) is 10.3 Å². The summed E-state index contributed by atoms with van der Waals surface area (Å²) in [6.45, 7) is 1.73. The number of nitrogen functional groups attached to an aromatic ring is 1. The van der Waals surface area contributed by atoms with Crippen LogP contribution in [0, 0.1) is 0 Å². The topological polar surface area (TPSA) is 80.5 Å². The molecule has 1 fully saturated rings. The molecule has 0 bridgehead atoms. The van der Waals surface area contributed by atoms with Gasteiger partial charge in [0.2, 0.25) is 11.8 Å². The van der Waals surface area contributed by atoms with Gasteiger partial charge in [0, 0.05) is 19.2 Å². The molecule has 6 heteroatoms. The lowest BCUT2D eigenvalue weighted by Crippen LogP contribution is -2.34. The van der Waals surface area contributed by atoms with Crippen LogP contribution < -0.4 is 20.7 Å². The molecule has 1 aliphatic rings. The highest BCUT2D eigenvalue weighted by Gasteiger charge is 2.18. The van der Waals surface area contributed by atoms with Crippen LogP contribution in [0.3, 0.4) is 0 Å². The lowest BCUT2D eigenvalue weighted by atomic mass is 10.3. The second kappa shape index (κ2) is 4.90. The Balaban J connectivity index is 2.27. The number of nitrogens with one attached hydrogen (secondary N) is 1. The molecule has 1 saturated heterocycles. The fourth-order valence-corrected chi connectivity index (χ4v) is 1.80. The Bertz CT molecular complexity index is 422. The number of amides is 1. The third-order valence-electron chi connectivity index (χ3n) is 2.65. The number of rotatable bonds is 2. The summed E-state index contributed by atoms with van der Waals surface area (Å²) in [7, 11) is 1.55. The maximum Gasteiger partial charge on any atom is 0.239 e. The maximum absolute atomic E-state index is 11.5. The first-order chi connectivity index (χ1) is 8.20. The second-order valence-corrected chi connectivity index (χ2v) is 3.89. The van der Waals surface area contributed by atoms with Crippen molar-refractivity contribution >= 4 is 17.4 Å². The molecule has 0 aliphatic carbocycles. The van der Waals surface area contributed by atoms with E-state index in [0.29, 0.717) is 23.9 Å². The number of nitrogens with two attached hydrogens (primary N) is 1. The van der Waals surface area contributed by atoms with E-state index in [-0.39, 0.29) is 12.5 Å². The van der Waals surface area contributed by atoms with Gasteiger partial charge >= 0.3 is 0 Å². The Labute approximate surface area is 99.8 Å². The van der Waals surface area contributed by atoms with Gasteiger partial charge in [-0.3, -0.25) is 4.79 Å². The molecule has 1 aliphatic heterocycles. The fraction of sp³-hybridized carbons (Fsp3) is 0.455. The summed E-state index contributed by atoms with van der Waals surface area (Å²) in [5.41, 5.74) is 6.44. The maximum atomic E-state index is 11.5. The summed E-state index contributed by atoms with van der Waals surface area (Å²) in [6, 6.07) is 3.45. The molecule has 0 radical (unpaired) electrons. The molecule has 6 nitrogen and oxygen atoms in total. The third kappa shape index (κ3) is 2.58. The molecular weight excluding hydrogens is 220 g/mol. The summed E-state index contributed by atoms with van der Waals surface area (Å²) >= 11 is 0. The van der Waals surface area contributed by atoms with Crippen LogP contribution in [0.5, 0.6) is 5.88 Å². The van der Waals surface area contributed by atoms with Crippen molar-refractivity contribution in [3.8, 4) is 5.88 Å². The minimum absolute atomic E-state index is 0.00785. The Morgan fingerprint density at radius 3 is 3.12 bits per heavy atom. The molecule has 0 unspecified atom stereocenters. The van der Waals surface area contributed by atoms with Crippen molar-refractivity contribution in [2.75, 3.05) is 37.4 Å². The SMILES string of the molecule is COc1ccc(N)c(N2CCCNC(=O)C2)n1. The summed E-state index contributed by atoms with van der Waals surface area (Å²) in [4.78, 5) is 17.6. The predicted molar refractivity (Wildman–Crippen MR) is 65.0 cm³/mol. The molecule has 0 aromatic carbocycles. The van der Waals surface area contributed by atoms with Gasteiger partial charge in [0.15, 0.2) is 5.82 Å². The number of anilines is 2. The number of aromatic nitrogens is 1. The zero-order chi connectivity index (χ0) is 12.3. The van der Waals surface area contributed by atoms with Gasteiger partial charge in [0.05, 0.1) is 19.3 Å². The average molecular weight is 236 g/mol. The summed E-state index contributed by atoms with van der Waals surface area (Å²) < 4.78 is 5.06. The van der Waals surface area contributed by atoms with Crippen LogP contribution >= 0.6 is 0 Å². The molecule has 17 heavy (non-hydrogen) atoms. The highest BCUT2D eigenvalue weighted by Crippen LogP contribution is 2.24. The molecule has 92 valence electrons. The van der Waals surface area contributed by atoms with Gasteiger partial charge in [-0.15, -0.1) is 0 Å². The molecule has 3 N–H and O–H groups in total. The minimum Gasteiger partial charge on any atom is -0.481 e. The van der Waals surface area contributed by atoms with Gasteiger partial charge in [-0.25, -0.2) is 0 Å². The minimum atomic E-state index is -0.00785. The van der Waals surface area contributed by atoms with Gasteiger partial charge < -0.3 is 20.7 Å². The molecular formula is C11H16N4O2. The highest BCUT2D eigenvalue weighted by molar-refractivity contribution is 5.82. The lowest BCUT2D eigenvalue weighted by molar-refractivity contribution is -0.119. The van der Waals surface area contributed by atoms with E-state index in [1.54, 1.807) is 19.2 Å². The smallest absolute Gasteiger partial charge is 0.239 e. The molecule has 2 heterocycles. The largest absolute Gasteiger partial charge is 0.481 e. The van der Waals surface area contributed by atoms with Crippen molar-refractivity contribution < 1.29 is 9.53 Å². The first-order valence-corrected chi connectivity index (χ1v) is 5.53. The van der Waals surface area contributed by atoms with Crippen LogP contribution in [-0.2, 0) is 4.79 Å². The van der Waals surface area contributed by atoms with Crippen molar-refractivity contribution in [3.63, 3.8) is 0 Å². The molecule has 0 atom stereocenters. The Kier molecular flexibility index (Phi) is 3.32. The standard InChI is InChI=1S/C11H16N4O2/c1-17-10-4-3-8(12)11(14-10)15-6-2-5-13-9(16)7-15/h3-4H,2,5-7,12H2,1H3,(H,13,16). The number of pyridine rings is 1. The van der Waals surface area contributed by atoms with E-state index in [0.717, 1.165) is 13.0 Å². The number of carbonyl (C=O) groups excluding carboxylic acids is 1. The Morgan fingerprint density at radius 2 is 2.35 bits per heavy atom. The number of hydrogen-bond acceptors (Lipinski definition) is 5. The number of ether oxygens (including phenoxy) is 1. The van der Waals surface area contributed by atoms with Crippen molar-refractivity contribution in [1.29, 1.82) is 0 Å². The number of carbonyl (C=O) groups is 1. The van der Waals surface area contributed by atoms with Gasteiger partial charge in [-0.1, -0.05) is 0 Å². The van der Waals surface area contributed by atoms with Crippen LogP contribution in [0.1, 0.15) is 6.42 Å². The van der Waals surface area contributed by atoms with E-state index < -0.39 is 0 Å².